The maximum Gasteiger partial charge on any atom is 0.0923 e. The van der Waals surface area contributed by atoms with Gasteiger partial charge in [0.1, 0.15) is 0 Å². The fourth-order valence-electron chi connectivity index (χ4n) is 2.65. The van der Waals surface area contributed by atoms with Gasteiger partial charge in [0.2, 0.25) is 0 Å². The third kappa shape index (κ3) is 1.87. The number of hydrogen-bond acceptors (Lipinski definition) is 1. The van der Waals surface area contributed by atoms with Crippen LogP contribution in [0.5, 0.6) is 0 Å². The third-order valence-electron chi connectivity index (χ3n) is 3.50. The number of H-pyrrole nitrogens is 1. The molecule has 3 rings (SSSR count). The number of fused-ring (bicyclic) bond motifs is 1. The minimum Gasteiger partial charge on any atom is -0.351 e. The van der Waals surface area contributed by atoms with E-state index in [1.807, 2.05) is 6.20 Å². The van der Waals surface area contributed by atoms with E-state index in [1.54, 1.807) is 11.9 Å². The Kier molecular flexibility index (Phi) is 2.49. The van der Waals surface area contributed by atoms with E-state index >= 15 is 0 Å². The number of rotatable bonds is 2. The van der Waals surface area contributed by atoms with Crippen LogP contribution in [-0.4, -0.2) is 9.97 Å². The molecule has 2 nitrogen and oxygen atoms in total. The molecule has 0 bridgehead atoms. The molecule has 16 heavy (non-hydrogen) atoms. The van der Waals surface area contributed by atoms with Crippen molar-refractivity contribution in [1.29, 1.82) is 0 Å². The largest absolute Gasteiger partial charge is 0.351 e. The van der Waals surface area contributed by atoms with Gasteiger partial charge >= 0.3 is 0 Å². The number of imidazole rings is 1. The van der Waals surface area contributed by atoms with Gasteiger partial charge in [0.25, 0.3) is 0 Å². The van der Waals surface area contributed by atoms with Crippen LogP contribution in [0.4, 0.5) is 0 Å². The lowest BCUT2D eigenvalue weighted by atomic mass is 9.82. The number of hydrogen-bond donors (Lipinski definition) is 1. The van der Waals surface area contributed by atoms with Crippen molar-refractivity contribution in [3.05, 3.63) is 53.6 Å². The lowest BCUT2D eigenvalue weighted by molar-refractivity contribution is 0.452. The van der Waals surface area contributed by atoms with Crippen molar-refractivity contribution in [2.75, 3.05) is 0 Å². The van der Waals surface area contributed by atoms with Crippen LogP contribution >= 0.6 is 0 Å². The zero-order chi connectivity index (χ0) is 10.8. The van der Waals surface area contributed by atoms with Crippen LogP contribution < -0.4 is 0 Å². The molecule has 0 aliphatic heterocycles. The maximum atomic E-state index is 4.31. The van der Waals surface area contributed by atoms with Gasteiger partial charge in [-0.1, -0.05) is 24.3 Å². The Balaban J connectivity index is 1.73. The van der Waals surface area contributed by atoms with E-state index in [2.05, 4.69) is 34.2 Å². The Morgan fingerprint density at radius 1 is 1.25 bits per heavy atom. The van der Waals surface area contributed by atoms with Gasteiger partial charge < -0.3 is 4.98 Å². The molecule has 1 aliphatic carbocycles. The van der Waals surface area contributed by atoms with Crippen molar-refractivity contribution < 1.29 is 0 Å². The predicted octanol–water partition coefficient (Wildman–Crippen LogP) is 2.76. The maximum absolute atomic E-state index is 4.31. The van der Waals surface area contributed by atoms with Crippen LogP contribution in [0.2, 0.25) is 0 Å². The molecule has 1 heterocycles. The summed E-state index contributed by atoms with van der Waals surface area (Å²) < 4.78 is 0. The molecule has 1 N–H and O–H groups in total. The molecular weight excluding hydrogens is 196 g/mol. The van der Waals surface area contributed by atoms with Crippen molar-refractivity contribution in [2.24, 2.45) is 5.92 Å². The van der Waals surface area contributed by atoms with Crippen LogP contribution in [-0.2, 0) is 19.3 Å². The van der Waals surface area contributed by atoms with Gasteiger partial charge in [-0.25, -0.2) is 4.98 Å². The molecule has 0 radical (unpaired) electrons. The molecule has 0 amide bonds. The van der Waals surface area contributed by atoms with E-state index in [1.165, 1.54) is 30.5 Å². The van der Waals surface area contributed by atoms with Crippen LogP contribution in [0, 0.1) is 5.92 Å². The molecule has 0 unspecified atom stereocenters. The highest BCUT2D eigenvalue weighted by atomic mass is 14.9. The highest BCUT2D eigenvalue weighted by molar-refractivity contribution is 5.29. The van der Waals surface area contributed by atoms with Gasteiger partial charge in [-0.2, -0.15) is 0 Å². The van der Waals surface area contributed by atoms with Gasteiger partial charge in [0.05, 0.1) is 12.0 Å². The second kappa shape index (κ2) is 4.12. The topological polar surface area (TPSA) is 28.7 Å². The molecule has 2 heteroatoms. The summed E-state index contributed by atoms with van der Waals surface area (Å²) in [5.74, 6) is 0.762. The van der Waals surface area contributed by atoms with Crippen LogP contribution in [0.15, 0.2) is 36.8 Å². The SMILES string of the molecule is c1ccc2c(c1)CC[C@H](Cc1c[nH]cn1)C2. The zero-order valence-corrected chi connectivity index (χ0v) is 9.32. The van der Waals surface area contributed by atoms with E-state index < -0.39 is 0 Å². The Morgan fingerprint density at radius 2 is 2.12 bits per heavy atom. The zero-order valence-electron chi connectivity index (χ0n) is 9.32. The Labute approximate surface area is 95.7 Å². The fraction of sp³-hybridized carbons (Fsp3) is 0.357. The van der Waals surface area contributed by atoms with Crippen molar-refractivity contribution in [2.45, 2.75) is 25.7 Å². The second-order valence-corrected chi connectivity index (χ2v) is 4.64. The molecule has 0 fully saturated rings. The highest BCUT2D eigenvalue weighted by Crippen LogP contribution is 2.27. The smallest absolute Gasteiger partial charge is 0.0923 e. The Hall–Kier alpha value is -1.57. The quantitative estimate of drug-likeness (QED) is 0.814. The van der Waals surface area contributed by atoms with Crippen molar-refractivity contribution >= 4 is 0 Å². The first-order valence-electron chi connectivity index (χ1n) is 5.96. The standard InChI is InChI=1S/C14H16N2/c1-2-4-13-7-11(5-6-12(13)3-1)8-14-9-15-10-16-14/h1-4,9-11H,5-8H2,(H,15,16)/t11-/m0/s1. The molecule has 1 atom stereocenters. The van der Waals surface area contributed by atoms with Gasteiger partial charge in [-0.05, 0) is 42.7 Å². The average molecular weight is 212 g/mol. The van der Waals surface area contributed by atoms with E-state index in [0.717, 1.165) is 12.3 Å². The summed E-state index contributed by atoms with van der Waals surface area (Å²) in [4.78, 5) is 7.34. The predicted molar refractivity (Wildman–Crippen MR) is 64.2 cm³/mol. The van der Waals surface area contributed by atoms with E-state index in [-0.39, 0.29) is 0 Å². The summed E-state index contributed by atoms with van der Waals surface area (Å²) in [7, 11) is 0. The molecule has 0 saturated carbocycles. The monoisotopic (exact) mass is 212 g/mol. The fourth-order valence-corrected chi connectivity index (χ4v) is 2.65. The number of benzene rings is 1. The van der Waals surface area contributed by atoms with Gasteiger partial charge in [-0.15, -0.1) is 0 Å². The molecule has 1 aromatic heterocycles. The summed E-state index contributed by atoms with van der Waals surface area (Å²) in [6.45, 7) is 0. The molecule has 0 saturated heterocycles. The second-order valence-electron chi connectivity index (χ2n) is 4.64. The lowest BCUT2D eigenvalue weighted by Crippen LogP contribution is -2.16. The average Bonchev–Trinajstić information content (AvgIpc) is 2.82. The lowest BCUT2D eigenvalue weighted by Gasteiger charge is -2.23. The molecule has 2 aromatic rings. The van der Waals surface area contributed by atoms with Crippen LogP contribution in [0.3, 0.4) is 0 Å². The molecule has 1 aromatic carbocycles. The van der Waals surface area contributed by atoms with E-state index in [4.69, 9.17) is 0 Å². The van der Waals surface area contributed by atoms with Crippen LogP contribution in [0.1, 0.15) is 23.2 Å². The summed E-state index contributed by atoms with van der Waals surface area (Å²) >= 11 is 0. The highest BCUT2D eigenvalue weighted by Gasteiger charge is 2.18. The molecule has 82 valence electrons. The van der Waals surface area contributed by atoms with Crippen LogP contribution in [0.25, 0.3) is 0 Å². The normalized spacial score (nSPS) is 19.4. The first kappa shape index (κ1) is 9.64. The Morgan fingerprint density at radius 3 is 2.94 bits per heavy atom. The number of aromatic amines is 1. The summed E-state index contributed by atoms with van der Waals surface area (Å²) in [5, 5.41) is 0. The molecular formula is C14H16N2. The number of nitrogens with one attached hydrogen (secondary N) is 1. The van der Waals surface area contributed by atoms with Gasteiger partial charge in [0, 0.05) is 6.20 Å². The summed E-state index contributed by atoms with van der Waals surface area (Å²) in [6, 6.07) is 8.83. The van der Waals surface area contributed by atoms with E-state index in [9.17, 15) is 0 Å². The summed E-state index contributed by atoms with van der Waals surface area (Å²) in [5.41, 5.74) is 4.28. The first-order chi connectivity index (χ1) is 7.92. The van der Waals surface area contributed by atoms with Gasteiger partial charge in [0.15, 0.2) is 0 Å². The van der Waals surface area contributed by atoms with Crippen molar-refractivity contribution in [3.8, 4) is 0 Å². The number of aryl methyl sites for hydroxylation is 1. The molecule has 1 aliphatic rings. The Bertz CT molecular complexity index is 459. The number of nitrogens with zero attached hydrogens (tertiary/aromatic N) is 1. The summed E-state index contributed by atoms with van der Waals surface area (Å²) in [6.07, 6.45) is 8.63. The first-order valence-corrected chi connectivity index (χ1v) is 5.96. The minimum atomic E-state index is 0.762. The minimum absolute atomic E-state index is 0.762. The van der Waals surface area contributed by atoms with Gasteiger partial charge in [-0.3, -0.25) is 0 Å². The van der Waals surface area contributed by atoms with Crippen molar-refractivity contribution in [1.82, 2.24) is 9.97 Å². The van der Waals surface area contributed by atoms with E-state index in [0.29, 0.717) is 0 Å². The number of aromatic nitrogens is 2. The molecule has 0 spiro atoms. The third-order valence-corrected chi connectivity index (χ3v) is 3.50. The van der Waals surface area contributed by atoms with Crippen molar-refractivity contribution in [3.63, 3.8) is 0 Å².